The summed E-state index contributed by atoms with van der Waals surface area (Å²) >= 11 is 1.58. The predicted octanol–water partition coefficient (Wildman–Crippen LogP) is 5.74. The molecule has 2 N–H and O–H groups in total. The first-order chi connectivity index (χ1) is 15.9. The van der Waals surface area contributed by atoms with Crippen LogP contribution in [0.4, 0.5) is 5.82 Å². The summed E-state index contributed by atoms with van der Waals surface area (Å²) in [4.78, 5) is 33.8. The Morgan fingerprint density at radius 2 is 2.06 bits per heavy atom. The third-order valence-corrected chi connectivity index (χ3v) is 7.35. The number of H-pyrrole nitrogens is 1. The van der Waals surface area contributed by atoms with Gasteiger partial charge < -0.3 is 5.32 Å². The highest BCUT2D eigenvalue weighted by Crippen LogP contribution is 2.33. The van der Waals surface area contributed by atoms with Crippen molar-refractivity contribution in [1.29, 1.82) is 0 Å². The second-order valence-electron chi connectivity index (χ2n) is 9.30. The highest BCUT2D eigenvalue weighted by atomic mass is 32.1. The number of carbonyl (C=O) groups excluding carboxylic acids is 1. The van der Waals surface area contributed by atoms with Gasteiger partial charge in [-0.2, -0.15) is 9.78 Å². The van der Waals surface area contributed by atoms with Crippen LogP contribution in [0.15, 0.2) is 34.4 Å². The lowest BCUT2D eigenvalue weighted by Gasteiger charge is -2.27. The second kappa shape index (κ2) is 10.5. The molecule has 3 aromatic heterocycles. The van der Waals surface area contributed by atoms with E-state index in [0.29, 0.717) is 17.5 Å². The minimum absolute atomic E-state index is 0.00502. The quantitative estimate of drug-likeness (QED) is 0.442. The summed E-state index contributed by atoms with van der Waals surface area (Å²) in [5.74, 6) is 1.71. The van der Waals surface area contributed by atoms with Crippen LogP contribution in [0, 0.1) is 11.8 Å². The van der Waals surface area contributed by atoms with Gasteiger partial charge in [-0.15, -0.1) is 11.3 Å². The van der Waals surface area contributed by atoms with Gasteiger partial charge in [-0.05, 0) is 49.0 Å². The van der Waals surface area contributed by atoms with Gasteiger partial charge in [-0.1, -0.05) is 46.1 Å². The summed E-state index contributed by atoms with van der Waals surface area (Å²) in [7, 11) is 0. The maximum atomic E-state index is 13.2. The number of rotatable bonds is 8. The van der Waals surface area contributed by atoms with Crippen LogP contribution in [0.1, 0.15) is 77.3 Å². The zero-order chi connectivity index (χ0) is 23.4. The summed E-state index contributed by atoms with van der Waals surface area (Å²) in [5.41, 5.74) is 1.19. The first kappa shape index (κ1) is 23.4. The van der Waals surface area contributed by atoms with Crippen molar-refractivity contribution in [2.24, 2.45) is 11.8 Å². The predicted molar refractivity (Wildman–Crippen MR) is 133 cm³/mol. The molecule has 4 rings (SSSR count). The molecule has 176 valence electrons. The molecule has 1 aliphatic carbocycles. The van der Waals surface area contributed by atoms with Crippen LogP contribution in [-0.2, 0) is 4.79 Å². The molecule has 1 saturated carbocycles. The van der Waals surface area contributed by atoms with Crippen LogP contribution in [0.25, 0.3) is 16.5 Å². The van der Waals surface area contributed by atoms with Gasteiger partial charge in [0.25, 0.3) is 5.56 Å². The number of nitrogens with zero attached hydrogens (tertiary/aromatic N) is 3. The van der Waals surface area contributed by atoms with E-state index < -0.39 is 0 Å². The average Bonchev–Trinajstić information content (AvgIpc) is 3.48. The van der Waals surface area contributed by atoms with Gasteiger partial charge in [-0.25, -0.2) is 4.98 Å². The lowest BCUT2D eigenvalue weighted by molar-refractivity contribution is -0.121. The molecule has 0 spiro atoms. The number of aromatic nitrogens is 4. The number of nitrogens with one attached hydrogen (secondary N) is 2. The van der Waals surface area contributed by atoms with Gasteiger partial charge >= 0.3 is 0 Å². The smallest absolute Gasteiger partial charge is 0.252 e. The third kappa shape index (κ3) is 5.61. The Balaban J connectivity index is 1.59. The van der Waals surface area contributed by atoms with Crippen molar-refractivity contribution in [3.8, 4) is 16.5 Å². The number of unbranched alkanes of at least 4 members (excludes halogenated alkanes) is 1. The molecule has 1 fully saturated rings. The van der Waals surface area contributed by atoms with E-state index in [1.165, 1.54) is 25.3 Å². The van der Waals surface area contributed by atoms with Crippen LogP contribution in [0.2, 0.25) is 0 Å². The van der Waals surface area contributed by atoms with E-state index in [1.54, 1.807) is 16.0 Å². The van der Waals surface area contributed by atoms with Crippen LogP contribution in [0.3, 0.4) is 0 Å². The Morgan fingerprint density at radius 3 is 2.73 bits per heavy atom. The number of aromatic amines is 1. The summed E-state index contributed by atoms with van der Waals surface area (Å²) in [5, 5.41) is 9.77. The minimum Gasteiger partial charge on any atom is -0.310 e. The van der Waals surface area contributed by atoms with E-state index in [1.807, 2.05) is 37.4 Å². The Bertz CT molecular complexity index is 1120. The highest BCUT2D eigenvalue weighted by molar-refractivity contribution is 7.13. The van der Waals surface area contributed by atoms with Crippen molar-refractivity contribution in [1.82, 2.24) is 19.7 Å². The van der Waals surface area contributed by atoms with E-state index in [4.69, 9.17) is 0 Å². The van der Waals surface area contributed by atoms with Crippen molar-refractivity contribution in [2.45, 2.75) is 71.6 Å². The van der Waals surface area contributed by atoms with Gasteiger partial charge in [0, 0.05) is 18.1 Å². The van der Waals surface area contributed by atoms with Crippen LogP contribution < -0.4 is 10.9 Å². The normalized spacial score (nSPS) is 18.5. The SMILES string of the molecule is CCCCC1CCC(C(=O)Nc2cc(-c3cccs3)nn2-c2nc(C(C)C)cc(=O)[nH]2)CC1. The molecule has 1 amide bonds. The number of anilines is 1. The fourth-order valence-electron chi connectivity index (χ4n) is 4.47. The van der Waals surface area contributed by atoms with Gasteiger partial charge in [0.1, 0.15) is 11.5 Å². The van der Waals surface area contributed by atoms with E-state index in [0.717, 1.165) is 42.2 Å². The van der Waals surface area contributed by atoms with Crippen LogP contribution in [0.5, 0.6) is 0 Å². The molecule has 1 aliphatic rings. The number of amides is 1. The molecular weight excluding hydrogens is 434 g/mol. The van der Waals surface area contributed by atoms with Crippen molar-refractivity contribution < 1.29 is 4.79 Å². The molecule has 0 bridgehead atoms. The number of hydrogen-bond acceptors (Lipinski definition) is 5. The minimum atomic E-state index is -0.237. The first-order valence-electron chi connectivity index (χ1n) is 12.0. The fraction of sp³-hybridized carbons (Fsp3) is 0.520. The maximum absolute atomic E-state index is 13.2. The number of thiophene rings is 1. The first-order valence-corrected chi connectivity index (χ1v) is 12.9. The van der Waals surface area contributed by atoms with Gasteiger partial charge in [0.2, 0.25) is 11.9 Å². The molecular formula is C25H33N5O2S. The molecule has 0 saturated heterocycles. The van der Waals surface area contributed by atoms with Crippen molar-refractivity contribution in [3.63, 3.8) is 0 Å². The van der Waals surface area contributed by atoms with E-state index in [9.17, 15) is 9.59 Å². The summed E-state index contributed by atoms with van der Waals surface area (Å²) in [6.07, 6.45) is 7.84. The molecule has 0 unspecified atom stereocenters. The average molecular weight is 468 g/mol. The van der Waals surface area contributed by atoms with Gasteiger partial charge in [0.05, 0.1) is 10.6 Å². The Labute approximate surface area is 198 Å². The van der Waals surface area contributed by atoms with E-state index in [2.05, 4.69) is 27.3 Å². The monoisotopic (exact) mass is 467 g/mol. The molecule has 8 heteroatoms. The Hall–Kier alpha value is -2.74. The Morgan fingerprint density at radius 1 is 1.27 bits per heavy atom. The molecule has 3 aromatic rings. The van der Waals surface area contributed by atoms with E-state index in [-0.39, 0.29) is 23.3 Å². The maximum Gasteiger partial charge on any atom is 0.252 e. The number of hydrogen-bond donors (Lipinski definition) is 2. The fourth-order valence-corrected chi connectivity index (χ4v) is 5.15. The van der Waals surface area contributed by atoms with Gasteiger partial charge in [0.15, 0.2) is 0 Å². The second-order valence-corrected chi connectivity index (χ2v) is 10.2. The lowest BCUT2D eigenvalue weighted by atomic mass is 9.79. The number of carbonyl (C=O) groups is 1. The molecule has 3 heterocycles. The third-order valence-electron chi connectivity index (χ3n) is 6.46. The lowest BCUT2D eigenvalue weighted by Crippen LogP contribution is -2.28. The van der Waals surface area contributed by atoms with E-state index >= 15 is 0 Å². The zero-order valence-electron chi connectivity index (χ0n) is 19.6. The van der Waals surface area contributed by atoms with Crippen molar-refractivity contribution in [3.05, 3.63) is 45.7 Å². The summed E-state index contributed by atoms with van der Waals surface area (Å²) < 4.78 is 1.55. The largest absolute Gasteiger partial charge is 0.310 e. The Kier molecular flexibility index (Phi) is 7.42. The molecule has 0 aliphatic heterocycles. The topological polar surface area (TPSA) is 92.7 Å². The van der Waals surface area contributed by atoms with Crippen LogP contribution >= 0.6 is 11.3 Å². The summed E-state index contributed by atoms with van der Waals surface area (Å²) in [6.45, 7) is 6.21. The standard InChI is InChI=1S/C25H33N5O2S/c1-4-5-7-17-9-11-18(12-10-17)24(32)27-22-14-20(21-8-6-13-33-21)29-30(22)25-26-19(16(2)3)15-23(31)28-25/h6,8,13-18H,4-5,7,9-12H2,1-3H3,(H,27,32)(H,26,28,31). The molecule has 33 heavy (non-hydrogen) atoms. The van der Waals surface area contributed by atoms with Crippen molar-refractivity contribution >= 4 is 23.1 Å². The molecule has 7 nitrogen and oxygen atoms in total. The molecule has 0 radical (unpaired) electrons. The van der Waals surface area contributed by atoms with Gasteiger partial charge in [-0.3, -0.25) is 14.6 Å². The van der Waals surface area contributed by atoms with Crippen molar-refractivity contribution in [2.75, 3.05) is 5.32 Å². The summed E-state index contributed by atoms with van der Waals surface area (Å²) in [6, 6.07) is 7.32. The molecule has 0 aromatic carbocycles. The highest BCUT2D eigenvalue weighted by Gasteiger charge is 2.27. The van der Waals surface area contributed by atoms with Crippen LogP contribution in [-0.4, -0.2) is 25.7 Å². The zero-order valence-corrected chi connectivity index (χ0v) is 20.5. The molecule has 0 atom stereocenters.